The Morgan fingerprint density at radius 2 is 1.75 bits per heavy atom. The van der Waals surface area contributed by atoms with E-state index in [0.29, 0.717) is 5.56 Å². The molecule has 1 aromatic rings. The van der Waals surface area contributed by atoms with Crippen molar-refractivity contribution < 1.29 is 24.6 Å². The molecule has 122 valence electrons. The molecule has 0 fully saturated rings. The summed E-state index contributed by atoms with van der Waals surface area (Å²) in [4.78, 5) is 35.7. The molecule has 6 heteroatoms. The van der Waals surface area contributed by atoms with E-state index in [-0.39, 0.29) is 23.6 Å². The summed E-state index contributed by atoms with van der Waals surface area (Å²) < 4.78 is 0. The molecule has 0 aromatic heterocycles. The molecule has 0 heterocycles. The van der Waals surface area contributed by atoms with Crippen molar-refractivity contribution in [2.24, 2.45) is 11.8 Å². The molecule has 0 bridgehead atoms. The topological polar surface area (TPSA) is 104 Å². The van der Waals surface area contributed by atoms with Crippen LogP contribution < -0.4 is 5.32 Å². The summed E-state index contributed by atoms with van der Waals surface area (Å²) >= 11 is 0. The van der Waals surface area contributed by atoms with E-state index in [9.17, 15) is 19.5 Å². The average Bonchev–Trinajstić information content (AvgIpc) is 2.60. The molecule has 2 aliphatic rings. The van der Waals surface area contributed by atoms with Crippen molar-refractivity contribution in [3.05, 3.63) is 71.2 Å². The van der Waals surface area contributed by atoms with Crippen LogP contribution in [0.25, 0.3) is 0 Å². The summed E-state index contributed by atoms with van der Waals surface area (Å²) in [7, 11) is 0. The van der Waals surface area contributed by atoms with Crippen LogP contribution in [0.4, 0.5) is 0 Å². The van der Waals surface area contributed by atoms with Gasteiger partial charge in [0.1, 0.15) is 5.70 Å². The number of ketones is 2. The second kappa shape index (κ2) is 6.16. The van der Waals surface area contributed by atoms with Gasteiger partial charge >= 0.3 is 5.97 Å². The van der Waals surface area contributed by atoms with Crippen molar-refractivity contribution in [2.75, 3.05) is 0 Å². The summed E-state index contributed by atoms with van der Waals surface area (Å²) in [6, 6.07) is 6.21. The molecule has 6 nitrogen and oxygen atoms in total. The number of fused-ring (bicyclic) bond motifs is 1. The number of carbonyl (C=O) groups excluding carboxylic acids is 2. The van der Waals surface area contributed by atoms with Crippen LogP contribution in [0.15, 0.2) is 60.0 Å². The van der Waals surface area contributed by atoms with Crippen LogP contribution >= 0.6 is 0 Å². The quantitative estimate of drug-likeness (QED) is 0.779. The second-order valence-corrected chi connectivity index (χ2v) is 5.63. The van der Waals surface area contributed by atoms with Crippen LogP contribution in [0, 0.1) is 11.8 Å². The van der Waals surface area contributed by atoms with Crippen LogP contribution in [-0.2, 0) is 16.1 Å². The SMILES string of the molecule is O=C(O)c1cccc(CNC2=C(O)C(=O)C3C=CC=CC3C2=O)c1. The Kier molecular flexibility index (Phi) is 4.04. The van der Waals surface area contributed by atoms with Gasteiger partial charge in [-0.1, -0.05) is 36.4 Å². The van der Waals surface area contributed by atoms with Crippen LogP contribution in [0.5, 0.6) is 0 Å². The first-order valence-corrected chi connectivity index (χ1v) is 7.42. The Balaban J connectivity index is 1.82. The number of hydrogen-bond acceptors (Lipinski definition) is 5. The molecule has 2 unspecified atom stereocenters. The van der Waals surface area contributed by atoms with E-state index < -0.39 is 29.3 Å². The summed E-state index contributed by atoms with van der Waals surface area (Å²) in [5.74, 6) is -3.76. The lowest BCUT2D eigenvalue weighted by Crippen LogP contribution is -2.40. The lowest BCUT2D eigenvalue weighted by molar-refractivity contribution is -0.129. The van der Waals surface area contributed by atoms with Gasteiger partial charge in [0.25, 0.3) is 0 Å². The number of rotatable bonds is 4. The van der Waals surface area contributed by atoms with Crippen LogP contribution in [-0.4, -0.2) is 27.7 Å². The predicted octanol–water partition coefficient (Wildman–Crippen LogP) is 1.75. The first-order valence-electron chi connectivity index (χ1n) is 7.42. The molecule has 2 aliphatic carbocycles. The standard InChI is InChI=1S/C18H15NO5/c20-15-12-6-1-2-7-13(12)16(21)17(22)14(15)19-9-10-4-3-5-11(8-10)18(23)24/h1-8,12-13,19,22H,9H2,(H,23,24). The van der Waals surface area contributed by atoms with Gasteiger partial charge in [-0.3, -0.25) is 9.59 Å². The van der Waals surface area contributed by atoms with E-state index in [1.165, 1.54) is 12.1 Å². The van der Waals surface area contributed by atoms with E-state index in [0.717, 1.165) is 0 Å². The first kappa shape index (κ1) is 15.7. The normalized spacial score (nSPS) is 22.5. The van der Waals surface area contributed by atoms with Gasteiger partial charge in [0.15, 0.2) is 11.5 Å². The van der Waals surface area contributed by atoms with Gasteiger partial charge in [0, 0.05) is 6.54 Å². The fourth-order valence-electron chi connectivity index (χ4n) is 2.85. The first-order chi connectivity index (χ1) is 11.5. The highest BCUT2D eigenvalue weighted by Crippen LogP contribution is 2.31. The van der Waals surface area contributed by atoms with Crippen molar-refractivity contribution in [1.29, 1.82) is 0 Å². The second-order valence-electron chi connectivity index (χ2n) is 5.63. The van der Waals surface area contributed by atoms with E-state index in [4.69, 9.17) is 5.11 Å². The summed E-state index contributed by atoms with van der Waals surface area (Å²) in [6.07, 6.45) is 6.62. The lowest BCUT2D eigenvalue weighted by atomic mass is 9.76. The van der Waals surface area contributed by atoms with E-state index in [1.54, 1.807) is 36.4 Å². The highest BCUT2D eigenvalue weighted by Gasteiger charge is 2.41. The molecular formula is C18H15NO5. The van der Waals surface area contributed by atoms with Gasteiger partial charge in [-0.15, -0.1) is 0 Å². The van der Waals surface area contributed by atoms with Crippen molar-refractivity contribution in [1.82, 2.24) is 5.32 Å². The van der Waals surface area contributed by atoms with E-state index >= 15 is 0 Å². The van der Waals surface area contributed by atoms with Gasteiger partial charge in [-0.2, -0.15) is 0 Å². The minimum atomic E-state index is -1.05. The minimum absolute atomic E-state index is 0.122. The third-order valence-electron chi connectivity index (χ3n) is 4.10. The number of benzene rings is 1. The molecule has 0 radical (unpaired) electrons. The Morgan fingerprint density at radius 1 is 1.08 bits per heavy atom. The van der Waals surface area contributed by atoms with Crippen molar-refractivity contribution in [3.63, 3.8) is 0 Å². The van der Waals surface area contributed by atoms with Crippen molar-refractivity contribution in [2.45, 2.75) is 6.54 Å². The molecule has 0 spiro atoms. The number of allylic oxidation sites excluding steroid dienone is 6. The maximum atomic E-state index is 12.5. The van der Waals surface area contributed by atoms with Gasteiger partial charge in [-0.25, -0.2) is 4.79 Å². The Labute approximate surface area is 137 Å². The number of Topliss-reactive ketones (excluding diaryl/α,β-unsaturated/α-hetero) is 2. The largest absolute Gasteiger partial charge is 0.503 e. The number of aromatic carboxylic acids is 1. The zero-order valence-corrected chi connectivity index (χ0v) is 12.6. The fraction of sp³-hybridized carbons (Fsp3) is 0.167. The van der Waals surface area contributed by atoms with Gasteiger partial charge in [-0.05, 0) is 17.7 Å². The number of carbonyl (C=O) groups is 3. The molecule has 1 aromatic carbocycles. The van der Waals surface area contributed by atoms with Crippen molar-refractivity contribution >= 4 is 17.5 Å². The monoisotopic (exact) mass is 325 g/mol. The van der Waals surface area contributed by atoms with Crippen LogP contribution in [0.2, 0.25) is 0 Å². The summed E-state index contributed by atoms with van der Waals surface area (Å²) in [5.41, 5.74) is 0.623. The summed E-state index contributed by atoms with van der Waals surface area (Å²) in [6.45, 7) is 0.122. The molecule has 3 N–H and O–H groups in total. The van der Waals surface area contributed by atoms with Crippen molar-refractivity contribution in [3.8, 4) is 0 Å². The highest BCUT2D eigenvalue weighted by atomic mass is 16.4. The predicted molar refractivity (Wildman–Crippen MR) is 85.2 cm³/mol. The van der Waals surface area contributed by atoms with Gasteiger partial charge in [0.2, 0.25) is 5.78 Å². The molecule has 0 saturated carbocycles. The third-order valence-corrected chi connectivity index (χ3v) is 4.10. The lowest BCUT2D eigenvalue weighted by Gasteiger charge is -2.28. The number of carboxylic acids is 1. The molecule has 3 rings (SSSR count). The van der Waals surface area contributed by atoms with Gasteiger partial charge < -0.3 is 15.5 Å². The highest BCUT2D eigenvalue weighted by molar-refractivity contribution is 6.13. The molecule has 0 aliphatic heterocycles. The van der Waals surface area contributed by atoms with E-state index in [2.05, 4.69) is 5.32 Å². The van der Waals surface area contributed by atoms with E-state index in [1.807, 2.05) is 0 Å². The maximum absolute atomic E-state index is 12.5. The smallest absolute Gasteiger partial charge is 0.335 e. The average molecular weight is 325 g/mol. The number of carboxylic acid groups (broad SMARTS) is 1. The van der Waals surface area contributed by atoms with Crippen LogP contribution in [0.1, 0.15) is 15.9 Å². The molecule has 24 heavy (non-hydrogen) atoms. The zero-order chi connectivity index (χ0) is 17.3. The number of nitrogens with one attached hydrogen (secondary N) is 1. The Morgan fingerprint density at radius 3 is 2.42 bits per heavy atom. The number of aliphatic hydroxyl groups is 1. The molecule has 0 saturated heterocycles. The van der Waals surface area contributed by atoms with Gasteiger partial charge in [0.05, 0.1) is 17.4 Å². The molecule has 2 atom stereocenters. The number of aliphatic hydroxyl groups excluding tert-OH is 1. The zero-order valence-electron chi connectivity index (χ0n) is 12.6. The van der Waals surface area contributed by atoms with Crippen LogP contribution in [0.3, 0.4) is 0 Å². The molecule has 0 amide bonds. The number of hydrogen-bond donors (Lipinski definition) is 3. The fourth-order valence-corrected chi connectivity index (χ4v) is 2.85. The molecular weight excluding hydrogens is 310 g/mol. The Hall–Kier alpha value is -3.15. The minimum Gasteiger partial charge on any atom is -0.503 e. The summed E-state index contributed by atoms with van der Waals surface area (Å²) in [5, 5.41) is 21.8. The Bertz CT molecular complexity index is 818. The maximum Gasteiger partial charge on any atom is 0.335 e. The third kappa shape index (κ3) is 2.74.